The van der Waals surface area contributed by atoms with Crippen LogP contribution in [0.3, 0.4) is 0 Å². The maximum Gasteiger partial charge on any atom is 0.238 e. The smallest absolute Gasteiger partial charge is 0.238 e. The van der Waals surface area contributed by atoms with Gasteiger partial charge in [-0.2, -0.15) is 0 Å². The zero-order chi connectivity index (χ0) is 8.06. The maximum atomic E-state index is 10.9. The molecule has 2 aliphatic rings. The van der Waals surface area contributed by atoms with E-state index in [1.807, 2.05) is 6.08 Å². The van der Waals surface area contributed by atoms with E-state index in [9.17, 15) is 8.42 Å². The van der Waals surface area contributed by atoms with E-state index in [1.165, 1.54) is 0 Å². The number of halogens is 1. The topological polar surface area (TPSA) is 43.4 Å². The van der Waals surface area contributed by atoms with Gasteiger partial charge in [0.15, 0.2) is 0 Å². The third kappa shape index (κ3) is 1.19. The van der Waals surface area contributed by atoms with Crippen LogP contribution in [0.25, 0.3) is 0 Å². The molecule has 2 heterocycles. The molecular formula is C6H7ClO3S. The minimum atomic E-state index is -3.44. The number of fused-ring (bicyclic) bond motifs is 2. The molecule has 0 amide bonds. The van der Waals surface area contributed by atoms with Gasteiger partial charge < -0.3 is 4.74 Å². The van der Waals surface area contributed by atoms with Crippen molar-refractivity contribution in [2.45, 2.75) is 23.9 Å². The minimum absolute atomic E-state index is 0.0291. The molecule has 0 aromatic heterocycles. The first-order chi connectivity index (χ1) is 5.07. The zero-order valence-electron chi connectivity index (χ0n) is 5.60. The summed E-state index contributed by atoms with van der Waals surface area (Å²) < 4.78 is 27.0. The van der Waals surface area contributed by atoms with Crippen molar-refractivity contribution >= 4 is 19.7 Å². The van der Waals surface area contributed by atoms with Crippen LogP contribution in [0, 0.1) is 0 Å². The molecule has 1 saturated heterocycles. The molecule has 0 radical (unpaired) electrons. The Kier molecular flexibility index (Phi) is 1.53. The van der Waals surface area contributed by atoms with Crippen molar-refractivity contribution in [3.8, 4) is 0 Å². The predicted molar refractivity (Wildman–Crippen MR) is 41.0 cm³/mol. The van der Waals surface area contributed by atoms with Gasteiger partial charge in [0.05, 0.1) is 12.2 Å². The Labute approximate surface area is 69.4 Å². The Bertz CT molecular complexity index is 295. The lowest BCUT2D eigenvalue weighted by atomic mass is 10.1. The lowest BCUT2D eigenvalue weighted by Crippen LogP contribution is -2.25. The third-order valence-electron chi connectivity index (χ3n) is 2.04. The summed E-state index contributed by atoms with van der Waals surface area (Å²) in [6, 6.07) is 0. The second kappa shape index (κ2) is 2.21. The van der Waals surface area contributed by atoms with Crippen molar-refractivity contribution in [2.75, 3.05) is 0 Å². The van der Waals surface area contributed by atoms with Crippen LogP contribution in [0.15, 0.2) is 12.2 Å². The Morgan fingerprint density at radius 1 is 1.45 bits per heavy atom. The first-order valence-corrected chi connectivity index (χ1v) is 5.72. The molecule has 0 aliphatic carbocycles. The van der Waals surface area contributed by atoms with Crippen LogP contribution >= 0.6 is 10.7 Å². The molecule has 5 heteroatoms. The first-order valence-electron chi connectivity index (χ1n) is 3.34. The summed E-state index contributed by atoms with van der Waals surface area (Å²) >= 11 is 0. The van der Waals surface area contributed by atoms with Crippen LogP contribution in [0.4, 0.5) is 0 Å². The molecule has 1 fully saturated rings. The van der Waals surface area contributed by atoms with Crippen molar-refractivity contribution in [3.63, 3.8) is 0 Å². The van der Waals surface area contributed by atoms with Crippen LogP contribution < -0.4 is 0 Å². The van der Waals surface area contributed by atoms with Crippen LogP contribution in [-0.2, 0) is 13.8 Å². The largest absolute Gasteiger partial charge is 0.365 e. The van der Waals surface area contributed by atoms with Gasteiger partial charge in [0.25, 0.3) is 0 Å². The highest BCUT2D eigenvalue weighted by atomic mass is 35.7. The van der Waals surface area contributed by atoms with Gasteiger partial charge in [-0.1, -0.05) is 12.2 Å². The summed E-state index contributed by atoms with van der Waals surface area (Å²) in [5.74, 6) is 0. The van der Waals surface area contributed by atoms with E-state index in [1.54, 1.807) is 6.08 Å². The highest BCUT2D eigenvalue weighted by Gasteiger charge is 2.43. The molecule has 0 N–H and O–H groups in total. The normalized spacial score (nSPS) is 41.7. The van der Waals surface area contributed by atoms with Gasteiger partial charge in [-0.15, -0.1) is 0 Å². The van der Waals surface area contributed by atoms with Gasteiger partial charge >= 0.3 is 0 Å². The van der Waals surface area contributed by atoms with Crippen LogP contribution in [0.5, 0.6) is 0 Å². The summed E-state index contributed by atoms with van der Waals surface area (Å²) in [7, 11) is 1.75. The number of rotatable bonds is 1. The molecule has 2 rings (SSSR count). The maximum absolute atomic E-state index is 10.9. The Morgan fingerprint density at radius 2 is 2.18 bits per heavy atom. The van der Waals surface area contributed by atoms with Crippen molar-refractivity contribution in [2.24, 2.45) is 0 Å². The molecule has 2 aliphatic heterocycles. The van der Waals surface area contributed by atoms with E-state index < -0.39 is 14.3 Å². The molecule has 0 aromatic carbocycles. The van der Waals surface area contributed by atoms with Crippen molar-refractivity contribution in [1.29, 1.82) is 0 Å². The first kappa shape index (κ1) is 7.58. The van der Waals surface area contributed by atoms with Gasteiger partial charge in [-0.05, 0) is 6.42 Å². The molecule has 2 bridgehead atoms. The summed E-state index contributed by atoms with van der Waals surface area (Å²) in [4.78, 5) is 0. The summed E-state index contributed by atoms with van der Waals surface area (Å²) in [6.07, 6.45) is 3.82. The van der Waals surface area contributed by atoms with E-state index in [4.69, 9.17) is 15.4 Å². The minimum Gasteiger partial charge on any atom is -0.365 e. The zero-order valence-corrected chi connectivity index (χ0v) is 7.18. The van der Waals surface area contributed by atoms with E-state index in [-0.39, 0.29) is 12.2 Å². The standard InChI is InChI=1S/C6H7ClO3S/c7-11(8,9)6-3-4-1-2-5(6)10-4/h1-2,4-6H,3H2. The third-order valence-corrected chi connectivity index (χ3v) is 3.91. The molecular weight excluding hydrogens is 188 g/mol. The fraction of sp³-hybridized carbons (Fsp3) is 0.667. The number of hydrogen-bond acceptors (Lipinski definition) is 3. The molecule has 0 spiro atoms. The Hall–Kier alpha value is -0.0600. The van der Waals surface area contributed by atoms with E-state index in [0.29, 0.717) is 6.42 Å². The Balaban J connectivity index is 2.28. The molecule has 3 atom stereocenters. The van der Waals surface area contributed by atoms with Gasteiger partial charge in [-0.25, -0.2) is 8.42 Å². The number of ether oxygens (including phenoxy) is 1. The van der Waals surface area contributed by atoms with Gasteiger partial charge in [0.1, 0.15) is 5.25 Å². The van der Waals surface area contributed by atoms with Crippen LogP contribution in [-0.4, -0.2) is 25.9 Å². The SMILES string of the molecule is O=S(=O)(Cl)C1CC2C=CC1O2. The summed E-state index contributed by atoms with van der Waals surface area (Å²) in [5.41, 5.74) is 0. The second-order valence-electron chi connectivity index (χ2n) is 2.77. The van der Waals surface area contributed by atoms with Crippen molar-refractivity contribution < 1.29 is 13.2 Å². The molecule has 3 unspecified atom stereocenters. The fourth-order valence-electron chi connectivity index (χ4n) is 1.51. The fourth-order valence-corrected chi connectivity index (χ4v) is 2.93. The number of hydrogen-bond donors (Lipinski definition) is 0. The average molecular weight is 195 g/mol. The van der Waals surface area contributed by atoms with Crippen molar-refractivity contribution in [3.05, 3.63) is 12.2 Å². The molecule has 62 valence electrons. The van der Waals surface area contributed by atoms with E-state index in [0.717, 1.165) is 0 Å². The Morgan fingerprint density at radius 3 is 2.45 bits per heavy atom. The van der Waals surface area contributed by atoms with Crippen molar-refractivity contribution in [1.82, 2.24) is 0 Å². The second-order valence-corrected chi connectivity index (χ2v) is 5.62. The molecule has 0 saturated carbocycles. The summed E-state index contributed by atoms with van der Waals surface area (Å²) in [6.45, 7) is 0. The lowest BCUT2D eigenvalue weighted by molar-refractivity contribution is 0.121. The molecule has 0 aromatic rings. The van der Waals surface area contributed by atoms with Gasteiger partial charge in [-0.3, -0.25) is 0 Å². The highest BCUT2D eigenvalue weighted by molar-refractivity contribution is 8.14. The van der Waals surface area contributed by atoms with E-state index in [2.05, 4.69) is 0 Å². The highest BCUT2D eigenvalue weighted by Crippen LogP contribution is 2.34. The monoisotopic (exact) mass is 194 g/mol. The summed E-state index contributed by atoms with van der Waals surface area (Å²) in [5, 5.41) is -0.529. The lowest BCUT2D eigenvalue weighted by Gasteiger charge is -2.10. The predicted octanol–water partition coefficient (Wildman–Crippen LogP) is 0.651. The molecule has 3 nitrogen and oxygen atoms in total. The van der Waals surface area contributed by atoms with Gasteiger partial charge in [0, 0.05) is 10.7 Å². The van der Waals surface area contributed by atoms with Crippen LogP contribution in [0.2, 0.25) is 0 Å². The average Bonchev–Trinajstić information content (AvgIpc) is 2.42. The van der Waals surface area contributed by atoms with E-state index >= 15 is 0 Å². The van der Waals surface area contributed by atoms with Gasteiger partial charge in [0.2, 0.25) is 9.05 Å². The molecule has 11 heavy (non-hydrogen) atoms. The van der Waals surface area contributed by atoms with Crippen LogP contribution in [0.1, 0.15) is 6.42 Å². The quantitative estimate of drug-likeness (QED) is 0.455.